The van der Waals surface area contributed by atoms with E-state index in [1.165, 1.54) is 6.92 Å². The maximum absolute atomic E-state index is 12.1. The molecule has 0 saturated heterocycles. The maximum atomic E-state index is 12.1. The molecule has 0 saturated carbocycles. The van der Waals surface area contributed by atoms with Crippen molar-refractivity contribution in [1.82, 2.24) is 9.99 Å². The number of aliphatic hydroxyl groups excluding tert-OH is 1. The Morgan fingerprint density at radius 2 is 1.91 bits per heavy atom. The standard InChI is InChI=1S/C11H20N3O6P.Na/c1-6(13-8(16)7(12)4-5-15)9(17)14(21-20)11(2,3)10(18)19;/h6-7,15H,4-5,12H2,1-3H3,(H,13,16)(H,18,19);/q;+1/t6-,7-;/m0./s1. The minimum absolute atomic E-state index is 0. The Hall–Kier alpha value is -0.570. The van der Waals surface area contributed by atoms with E-state index in [9.17, 15) is 24.1 Å². The average Bonchev–Trinajstić information content (AvgIpc) is 2.38. The second-order valence-corrected chi connectivity index (χ2v) is 5.59. The summed E-state index contributed by atoms with van der Waals surface area (Å²) in [6.45, 7) is 3.35. The van der Waals surface area contributed by atoms with E-state index in [-0.39, 0.29) is 42.6 Å². The molecular weight excluding hydrogens is 324 g/mol. The molecule has 0 aliphatic heterocycles. The summed E-state index contributed by atoms with van der Waals surface area (Å²) in [7, 11) is -1.35. The van der Waals surface area contributed by atoms with Crippen molar-refractivity contribution < 1.29 is 58.7 Å². The number of carboxylic acid groups (broad SMARTS) is 1. The number of carbonyl (C=O) groups excluding carboxylic acids is 3. The van der Waals surface area contributed by atoms with Crippen molar-refractivity contribution in [3.63, 3.8) is 0 Å². The molecule has 0 aliphatic rings. The third kappa shape index (κ3) is 6.28. The van der Waals surface area contributed by atoms with Gasteiger partial charge in [0, 0.05) is 6.61 Å². The molecule has 2 amide bonds. The van der Waals surface area contributed by atoms with Crippen molar-refractivity contribution in [2.45, 2.75) is 44.8 Å². The van der Waals surface area contributed by atoms with Gasteiger partial charge in [0.05, 0.1) is 12.0 Å². The number of carbonyl (C=O) groups is 3. The molecular formula is C11H20N3NaO6P+. The Morgan fingerprint density at radius 3 is 2.27 bits per heavy atom. The minimum atomic E-state index is -1.79. The van der Waals surface area contributed by atoms with Crippen molar-refractivity contribution in [2.24, 2.45) is 5.73 Å². The van der Waals surface area contributed by atoms with E-state index >= 15 is 0 Å². The van der Waals surface area contributed by atoms with Crippen molar-refractivity contribution >= 4 is 26.4 Å². The fourth-order valence-corrected chi connectivity index (χ4v) is 1.97. The minimum Gasteiger partial charge on any atom is -0.547 e. The first-order valence-corrected chi connectivity index (χ1v) is 7.05. The van der Waals surface area contributed by atoms with Crippen LogP contribution in [-0.4, -0.2) is 51.8 Å². The van der Waals surface area contributed by atoms with Gasteiger partial charge in [-0.25, -0.2) is 0 Å². The van der Waals surface area contributed by atoms with Crippen molar-refractivity contribution in [1.29, 1.82) is 0 Å². The smallest absolute Gasteiger partial charge is 0.547 e. The molecule has 1 unspecified atom stereocenters. The first-order chi connectivity index (χ1) is 9.59. The molecule has 0 aromatic heterocycles. The number of aliphatic carboxylic acids is 1. The van der Waals surface area contributed by atoms with Gasteiger partial charge >= 0.3 is 38.2 Å². The van der Waals surface area contributed by atoms with Crippen LogP contribution in [-0.2, 0) is 18.9 Å². The monoisotopic (exact) mass is 344 g/mol. The topological polar surface area (TPSA) is 153 Å². The number of carboxylic acids is 1. The van der Waals surface area contributed by atoms with Crippen LogP contribution in [0.1, 0.15) is 27.2 Å². The predicted molar refractivity (Wildman–Crippen MR) is 72.2 cm³/mol. The molecule has 120 valence electrons. The van der Waals surface area contributed by atoms with Gasteiger partial charge in [-0.2, -0.15) is 0 Å². The molecule has 0 bridgehead atoms. The number of hydrogen-bond acceptors (Lipinski definition) is 7. The van der Waals surface area contributed by atoms with Gasteiger partial charge in [0.1, 0.15) is 11.6 Å². The Bertz CT molecular complexity index is 434. The van der Waals surface area contributed by atoms with Gasteiger partial charge in [0.25, 0.3) is 5.91 Å². The molecule has 3 atom stereocenters. The summed E-state index contributed by atoms with van der Waals surface area (Å²) in [6.07, 6.45) is 0.0182. The molecule has 22 heavy (non-hydrogen) atoms. The Balaban J connectivity index is 0. The van der Waals surface area contributed by atoms with Crippen LogP contribution in [0.25, 0.3) is 0 Å². The number of nitrogens with one attached hydrogen (secondary N) is 1. The van der Waals surface area contributed by atoms with Crippen LogP contribution in [0.5, 0.6) is 0 Å². The molecule has 0 fully saturated rings. The zero-order chi connectivity index (χ0) is 16.8. The molecule has 0 radical (unpaired) electrons. The fourth-order valence-electron chi connectivity index (χ4n) is 1.37. The molecule has 11 heteroatoms. The van der Waals surface area contributed by atoms with Crippen LogP contribution < -0.4 is 45.7 Å². The van der Waals surface area contributed by atoms with Gasteiger partial charge in [0.15, 0.2) is 0 Å². The van der Waals surface area contributed by atoms with Gasteiger partial charge in [0.2, 0.25) is 5.91 Å². The van der Waals surface area contributed by atoms with Gasteiger partial charge in [-0.1, -0.05) is 0 Å². The number of hydrogen-bond donors (Lipinski definition) is 3. The normalized spacial score (nSPS) is 13.7. The number of rotatable bonds is 8. The Labute approximate surface area is 152 Å². The number of nitrogens with two attached hydrogens (primary N) is 1. The Kier molecular flexibility index (Phi) is 11.0. The van der Waals surface area contributed by atoms with Crippen LogP contribution >= 0.6 is 8.61 Å². The largest absolute Gasteiger partial charge is 1.00 e. The van der Waals surface area contributed by atoms with E-state index in [1.54, 1.807) is 0 Å². The van der Waals surface area contributed by atoms with E-state index in [4.69, 9.17) is 10.8 Å². The zero-order valence-corrected chi connectivity index (χ0v) is 16.1. The molecule has 0 heterocycles. The van der Waals surface area contributed by atoms with Crippen molar-refractivity contribution in [3.8, 4) is 0 Å². The molecule has 0 spiro atoms. The summed E-state index contributed by atoms with van der Waals surface area (Å²) in [4.78, 5) is 34.7. The molecule has 0 rings (SSSR count). The van der Waals surface area contributed by atoms with E-state index < -0.39 is 44.0 Å². The summed E-state index contributed by atoms with van der Waals surface area (Å²) >= 11 is 0. The third-order valence-corrected chi connectivity index (χ3v) is 3.84. The zero-order valence-electron chi connectivity index (χ0n) is 13.1. The molecule has 4 N–H and O–H groups in total. The van der Waals surface area contributed by atoms with Crippen LogP contribution in [0, 0.1) is 0 Å². The second kappa shape index (κ2) is 10.3. The number of aliphatic hydroxyl groups is 1. The summed E-state index contributed by atoms with van der Waals surface area (Å²) in [6, 6.07) is -2.12. The van der Waals surface area contributed by atoms with Crippen LogP contribution in [0.15, 0.2) is 0 Å². The maximum Gasteiger partial charge on any atom is 1.00 e. The Morgan fingerprint density at radius 1 is 1.41 bits per heavy atom. The predicted octanol–water partition coefficient (Wildman–Crippen LogP) is -5.50. The van der Waals surface area contributed by atoms with Gasteiger partial charge in [-0.3, -0.25) is 9.59 Å². The van der Waals surface area contributed by atoms with Gasteiger partial charge in [-0.05, 0) is 31.8 Å². The molecule has 0 aromatic carbocycles. The van der Waals surface area contributed by atoms with E-state index in [0.29, 0.717) is 4.67 Å². The van der Waals surface area contributed by atoms with Crippen molar-refractivity contribution in [3.05, 3.63) is 0 Å². The molecule has 9 nitrogen and oxygen atoms in total. The summed E-state index contributed by atoms with van der Waals surface area (Å²) in [5, 5.41) is 21.9. The van der Waals surface area contributed by atoms with Crippen LogP contribution in [0.3, 0.4) is 0 Å². The first-order valence-electron chi connectivity index (χ1n) is 6.19. The van der Waals surface area contributed by atoms with Crippen LogP contribution in [0.4, 0.5) is 0 Å². The first kappa shape index (κ1) is 23.7. The fraction of sp³-hybridized carbons (Fsp3) is 0.727. The van der Waals surface area contributed by atoms with E-state index in [1.807, 2.05) is 0 Å². The average molecular weight is 344 g/mol. The number of nitrogens with zero attached hydrogens (tertiary/aromatic N) is 1. The van der Waals surface area contributed by atoms with E-state index in [2.05, 4.69) is 5.32 Å². The summed E-state index contributed by atoms with van der Waals surface area (Å²) in [5.41, 5.74) is 3.67. The second-order valence-electron chi connectivity index (χ2n) is 4.96. The molecule has 0 aromatic rings. The van der Waals surface area contributed by atoms with Crippen LogP contribution in [0.2, 0.25) is 0 Å². The van der Waals surface area contributed by atoms with Gasteiger partial charge < -0.3 is 26.1 Å². The quantitative estimate of drug-likeness (QED) is 0.293. The summed E-state index contributed by atoms with van der Waals surface area (Å²) < 4.78 is 11.7. The SMILES string of the molecule is C[C@H](NC(=O)[C@@H](N)CCO)C(=O)N([PH+]=O)C(C)(C)C(=O)[O-].[Na+]. The third-order valence-electron chi connectivity index (χ3n) is 2.88. The van der Waals surface area contributed by atoms with E-state index in [0.717, 1.165) is 13.8 Å². The summed E-state index contributed by atoms with van der Waals surface area (Å²) in [5.74, 6) is -3.10. The van der Waals surface area contributed by atoms with Crippen molar-refractivity contribution in [2.75, 3.05) is 6.61 Å². The number of amides is 2. The van der Waals surface area contributed by atoms with Gasteiger partial charge in [-0.15, -0.1) is 4.67 Å². The molecule has 0 aliphatic carbocycles.